The van der Waals surface area contributed by atoms with Gasteiger partial charge in [-0.1, -0.05) is 30.7 Å². The van der Waals surface area contributed by atoms with Gasteiger partial charge >= 0.3 is 0 Å². The van der Waals surface area contributed by atoms with Crippen molar-refractivity contribution in [3.05, 3.63) is 87.7 Å². The van der Waals surface area contributed by atoms with Crippen LogP contribution in [0.4, 0.5) is 21.5 Å². The number of ether oxygens (including phenoxy) is 1. The molecule has 4 rings (SSSR count). The predicted octanol–water partition coefficient (Wildman–Crippen LogP) is 5.25. The van der Waals surface area contributed by atoms with Gasteiger partial charge in [0.25, 0.3) is 5.56 Å². The van der Waals surface area contributed by atoms with Crippen molar-refractivity contribution in [1.82, 2.24) is 9.55 Å². The molecule has 4 aromatic rings. The lowest BCUT2D eigenvalue weighted by Gasteiger charge is -2.29. The van der Waals surface area contributed by atoms with Gasteiger partial charge in [-0.15, -0.1) is 0 Å². The number of sulfonamides is 1. The molecule has 0 unspecified atom stereocenters. The number of rotatable bonds is 9. The van der Waals surface area contributed by atoms with Crippen LogP contribution in [-0.2, 0) is 23.6 Å². The Hall–Kier alpha value is -3.63. The van der Waals surface area contributed by atoms with Crippen LogP contribution < -0.4 is 19.5 Å². The minimum Gasteiger partial charge on any atom is -0.497 e. The highest BCUT2D eigenvalue weighted by atomic mass is 35.5. The first-order valence-electron chi connectivity index (χ1n) is 11.9. The van der Waals surface area contributed by atoms with Crippen LogP contribution in [0.1, 0.15) is 18.9 Å². The van der Waals surface area contributed by atoms with Crippen molar-refractivity contribution in [3.63, 3.8) is 0 Å². The summed E-state index contributed by atoms with van der Waals surface area (Å²) in [5.74, 6) is -0.109. The van der Waals surface area contributed by atoms with E-state index in [1.54, 1.807) is 70.6 Å². The summed E-state index contributed by atoms with van der Waals surface area (Å²) in [6.07, 6.45) is 1.83. The molecule has 1 heterocycles. The van der Waals surface area contributed by atoms with E-state index in [-0.39, 0.29) is 34.3 Å². The molecular formula is C27H28ClFN4O4S. The Bertz CT molecular complexity index is 1640. The van der Waals surface area contributed by atoms with Crippen LogP contribution in [0, 0.1) is 5.82 Å². The summed E-state index contributed by atoms with van der Waals surface area (Å²) in [5, 5.41) is 0.290. The van der Waals surface area contributed by atoms with Crippen molar-refractivity contribution in [2.45, 2.75) is 19.9 Å². The van der Waals surface area contributed by atoms with E-state index >= 15 is 4.39 Å². The average molecular weight is 559 g/mol. The molecule has 0 aliphatic rings. The van der Waals surface area contributed by atoms with E-state index in [9.17, 15) is 13.2 Å². The molecule has 0 aliphatic heterocycles. The fourth-order valence-electron chi connectivity index (χ4n) is 4.17. The normalized spacial score (nSPS) is 11.5. The third-order valence-corrected chi connectivity index (χ3v) is 8.52. The number of benzene rings is 3. The number of anilines is 3. The van der Waals surface area contributed by atoms with Gasteiger partial charge in [-0.05, 0) is 54.4 Å². The molecular weight excluding hydrogens is 531 g/mol. The highest BCUT2D eigenvalue weighted by molar-refractivity contribution is 7.92. The lowest BCUT2D eigenvalue weighted by Crippen LogP contribution is -2.33. The zero-order valence-electron chi connectivity index (χ0n) is 21.5. The zero-order valence-corrected chi connectivity index (χ0v) is 23.1. The molecule has 3 aromatic carbocycles. The minimum atomic E-state index is -3.80. The molecule has 1 aromatic heterocycles. The number of hydrogen-bond acceptors (Lipinski definition) is 6. The third-order valence-electron chi connectivity index (χ3n) is 6.22. The van der Waals surface area contributed by atoms with Crippen LogP contribution >= 0.6 is 11.6 Å². The van der Waals surface area contributed by atoms with E-state index in [4.69, 9.17) is 16.3 Å². The molecule has 0 radical (unpaired) electrons. The van der Waals surface area contributed by atoms with Crippen molar-refractivity contribution in [3.8, 4) is 5.75 Å². The smallest absolute Gasteiger partial charge is 0.260 e. The number of aromatic nitrogens is 2. The number of halogens is 2. The predicted molar refractivity (Wildman–Crippen MR) is 150 cm³/mol. The van der Waals surface area contributed by atoms with E-state index < -0.39 is 15.8 Å². The summed E-state index contributed by atoms with van der Waals surface area (Å²) in [6.45, 7) is 1.77. The monoisotopic (exact) mass is 558 g/mol. The summed E-state index contributed by atoms with van der Waals surface area (Å²) in [7, 11) is 0.950. The average Bonchev–Trinajstić information content (AvgIpc) is 2.90. The van der Waals surface area contributed by atoms with Gasteiger partial charge < -0.3 is 14.2 Å². The second kappa shape index (κ2) is 11.0. The van der Waals surface area contributed by atoms with Crippen LogP contribution in [0.2, 0.25) is 5.02 Å². The van der Waals surface area contributed by atoms with Crippen molar-refractivity contribution >= 4 is 49.6 Å². The molecule has 0 aliphatic carbocycles. The first-order valence-corrected chi connectivity index (χ1v) is 13.9. The zero-order chi connectivity index (χ0) is 27.6. The van der Waals surface area contributed by atoms with E-state index in [0.29, 0.717) is 34.3 Å². The van der Waals surface area contributed by atoms with E-state index in [2.05, 4.69) is 4.98 Å². The van der Waals surface area contributed by atoms with Crippen LogP contribution in [0.5, 0.6) is 5.75 Å². The van der Waals surface area contributed by atoms with E-state index in [1.807, 2.05) is 0 Å². The fraction of sp³-hybridized carbons (Fsp3) is 0.259. The Morgan fingerprint density at radius 1 is 1.11 bits per heavy atom. The lowest BCUT2D eigenvalue weighted by atomic mass is 10.1. The van der Waals surface area contributed by atoms with Crippen LogP contribution in [-0.4, -0.2) is 37.9 Å². The summed E-state index contributed by atoms with van der Waals surface area (Å²) in [4.78, 5) is 18.4. The third kappa shape index (κ3) is 5.32. The fourth-order valence-corrected chi connectivity index (χ4v) is 6.13. The number of nitrogens with zero attached hydrogens (tertiary/aromatic N) is 4. The number of methoxy groups -OCH3 is 1. The Balaban J connectivity index is 1.82. The van der Waals surface area contributed by atoms with Gasteiger partial charge in [0.05, 0.1) is 53.0 Å². The second-order valence-corrected chi connectivity index (χ2v) is 11.2. The molecule has 38 heavy (non-hydrogen) atoms. The number of aryl methyl sites for hydroxylation is 1. The van der Waals surface area contributed by atoms with Crippen molar-refractivity contribution in [2.24, 2.45) is 7.05 Å². The van der Waals surface area contributed by atoms with Gasteiger partial charge in [0, 0.05) is 19.8 Å². The minimum absolute atomic E-state index is 0.00147. The summed E-state index contributed by atoms with van der Waals surface area (Å²) < 4.78 is 49.7. The van der Waals surface area contributed by atoms with E-state index in [1.165, 1.54) is 32.2 Å². The summed E-state index contributed by atoms with van der Waals surface area (Å²) in [6, 6.07) is 14.5. The molecule has 8 nitrogen and oxygen atoms in total. The van der Waals surface area contributed by atoms with Gasteiger partial charge in [0.15, 0.2) is 0 Å². The van der Waals surface area contributed by atoms with Gasteiger partial charge in [0.2, 0.25) is 10.0 Å². The Morgan fingerprint density at radius 2 is 1.82 bits per heavy atom. The topological polar surface area (TPSA) is 84.7 Å². The molecule has 0 bridgehead atoms. The Labute approximate surface area is 225 Å². The van der Waals surface area contributed by atoms with Crippen molar-refractivity contribution in [2.75, 3.05) is 29.1 Å². The quantitative estimate of drug-likeness (QED) is 0.279. The van der Waals surface area contributed by atoms with E-state index in [0.717, 1.165) is 0 Å². The molecule has 0 atom stereocenters. The highest BCUT2D eigenvalue weighted by Crippen LogP contribution is 2.41. The molecule has 0 amide bonds. The van der Waals surface area contributed by atoms with Crippen LogP contribution in [0.3, 0.4) is 0 Å². The standard InChI is InChI=1S/C27H28ClFN4O4S/c1-5-14-38(35,36)33(16-18-6-9-20(37-4)10-7-18)24-13-11-22(29)26(25(24)28)32(3)19-8-12-23-21(15-19)27(34)31(2)17-30-23/h6-13,15,17H,5,14,16H2,1-4H3. The largest absolute Gasteiger partial charge is 0.497 e. The highest BCUT2D eigenvalue weighted by Gasteiger charge is 2.28. The summed E-state index contributed by atoms with van der Waals surface area (Å²) >= 11 is 6.76. The maximum Gasteiger partial charge on any atom is 0.260 e. The molecule has 0 saturated heterocycles. The Kier molecular flexibility index (Phi) is 7.94. The van der Waals surface area contributed by atoms with Gasteiger partial charge in [-0.2, -0.15) is 0 Å². The lowest BCUT2D eigenvalue weighted by molar-refractivity contribution is 0.414. The molecule has 11 heteroatoms. The van der Waals surface area contributed by atoms with Gasteiger partial charge in [-0.25, -0.2) is 17.8 Å². The molecule has 0 saturated carbocycles. The van der Waals surface area contributed by atoms with Gasteiger partial charge in [0.1, 0.15) is 11.6 Å². The number of fused-ring (bicyclic) bond motifs is 1. The first-order chi connectivity index (χ1) is 18.1. The maximum absolute atomic E-state index is 15.3. The molecule has 200 valence electrons. The van der Waals surface area contributed by atoms with Crippen molar-refractivity contribution < 1.29 is 17.5 Å². The first kappa shape index (κ1) is 27.4. The van der Waals surface area contributed by atoms with Crippen molar-refractivity contribution in [1.29, 1.82) is 0 Å². The maximum atomic E-state index is 15.3. The molecule has 0 N–H and O–H groups in total. The summed E-state index contributed by atoms with van der Waals surface area (Å²) in [5.41, 5.74) is 1.58. The van der Waals surface area contributed by atoms with Gasteiger partial charge in [-0.3, -0.25) is 9.10 Å². The van der Waals surface area contributed by atoms with Crippen LogP contribution in [0.15, 0.2) is 65.7 Å². The van der Waals surface area contributed by atoms with Crippen LogP contribution in [0.25, 0.3) is 10.9 Å². The molecule has 0 fully saturated rings. The number of hydrogen-bond donors (Lipinski definition) is 0. The molecule has 0 spiro atoms. The second-order valence-electron chi connectivity index (χ2n) is 8.82. The Morgan fingerprint density at radius 3 is 2.47 bits per heavy atom. The SMILES string of the molecule is CCCS(=O)(=O)N(Cc1ccc(OC)cc1)c1ccc(F)c(N(C)c2ccc3ncn(C)c(=O)c3c2)c1Cl.